The molecule has 106 valence electrons. The molecule has 4 heteroatoms. The number of carbonyl (C=O) groups is 2. The fraction of sp³-hybridized carbons (Fsp3) is 0.375. The second kappa shape index (κ2) is 5.90. The second-order valence-corrected chi connectivity index (χ2v) is 4.96. The summed E-state index contributed by atoms with van der Waals surface area (Å²) in [5.41, 5.74) is 3.17. The molecule has 1 amide bonds. The first-order valence-electron chi connectivity index (χ1n) is 6.64. The largest absolute Gasteiger partial charge is 0.469 e. The molecule has 4 nitrogen and oxygen atoms in total. The van der Waals surface area contributed by atoms with Gasteiger partial charge in [0.25, 0.3) is 0 Å². The standard InChI is InChI=1S/C16H19NO3/c1-4-8-17-13(10-15(19)20-3)16-11(2)6-5-7-12(16)9-14(17)18/h4-7,13H,1,8-10H2,2-3H3. The molecule has 1 aromatic carbocycles. The number of carbonyl (C=O) groups excluding carboxylic acids is 2. The Kier molecular flexibility index (Phi) is 4.23. The van der Waals surface area contributed by atoms with Gasteiger partial charge in [0.05, 0.1) is 26.0 Å². The Morgan fingerprint density at radius 1 is 1.55 bits per heavy atom. The van der Waals surface area contributed by atoms with Gasteiger partial charge in [-0.05, 0) is 23.6 Å². The average Bonchev–Trinajstić information content (AvgIpc) is 2.42. The van der Waals surface area contributed by atoms with Gasteiger partial charge in [0.2, 0.25) is 5.91 Å². The molecule has 1 heterocycles. The van der Waals surface area contributed by atoms with Gasteiger partial charge >= 0.3 is 5.97 Å². The van der Waals surface area contributed by atoms with Crippen LogP contribution < -0.4 is 0 Å². The lowest BCUT2D eigenvalue weighted by atomic mass is 9.87. The van der Waals surface area contributed by atoms with Crippen LogP contribution in [0.3, 0.4) is 0 Å². The van der Waals surface area contributed by atoms with Crippen LogP contribution in [0.5, 0.6) is 0 Å². The van der Waals surface area contributed by atoms with E-state index in [4.69, 9.17) is 4.74 Å². The van der Waals surface area contributed by atoms with Crippen LogP contribution in [-0.4, -0.2) is 30.4 Å². The van der Waals surface area contributed by atoms with E-state index in [2.05, 4.69) is 6.58 Å². The molecule has 0 radical (unpaired) electrons. The van der Waals surface area contributed by atoms with Crippen LogP contribution in [0.15, 0.2) is 30.9 Å². The Balaban J connectivity index is 2.47. The number of amides is 1. The lowest BCUT2D eigenvalue weighted by Crippen LogP contribution is -2.41. The highest BCUT2D eigenvalue weighted by Gasteiger charge is 2.34. The molecule has 20 heavy (non-hydrogen) atoms. The average molecular weight is 273 g/mol. The van der Waals surface area contributed by atoms with E-state index in [0.29, 0.717) is 13.0 Å². The van der Waals surface area contributed by atoms with Crippen molar-refractivity contribution < 1.29 is 14.3 Å². The van der Waals surface area contributed by atoms with Crippen LogP contribution in [0.1, 0.15) is 29.2 Å². The Bertz CT molecular complexity index is 551. The first-order valence-corrected chi connectivity index (χ1v) is 6.64. The van der Waals surface area contributed by atoms with Gasteiger partial charge in [-0.3, -0.25) is 9.59 Å². The van der Waals surface area contributed by atoms with Crippen molar-refractivity contribution >= 4 is 11.9 Å². The number of nitrogens with zero attached hydrogens (tertiary/aromatic N) is 1. The minimum atomic E-state index is -0.312. The lowest BCUT2D eigenvalue weighted by Gasteiger charge is -2.37. The summed E-state index contributed by atoms with van der Waals surface area (Å²) in [6.07, 6.45) is 2.24. The lowest BCUT2D eigenvalue weighted by molar-refractivity contribution is -0.144. The minimum Gasteiger partial charge on any atom is -0.469 e. The van der Waals surface area contributed by atoms with Gasteiger partial charge in [0, 0.05) is 6.54 Å². The molecule has 2 rings (SSSR count). The number of ether oxygens (including phenoxy) is 1. The van der Waals surface area contributed by atoms with Crippen LogP contribution in [0, 0.1) is 6.92 Å². The van der Waals surface area contributed by atoms with Crippen LogP contribution in [0.4, 0.5) is 0 Å². The molecule has 0 fully saturated rings. The molecular formula is C16H19NO3. The maximum atomic E-state index is 12.3. The van der Waals surface area contributed by atoms with E-state index in [-0.39, 0.29) is 24.3 Å². The third-order valence-electron chi connectivity index (χ3n) is 3.70. The smallest absolute Gasteiger partial charge is 0.307 e. The zero-order valence-corrected chi connectivity index (χ0v) is 11.9. The highest BCUT2D eigenvalue weighted by atomic mass is 16.5. The van der Waals surface area contributed by atoms with E-state index < -0.39 is 0 Å². The molecule has 0 aliphatic carbocycles. The first kappa shape index (κ1) is 14.3. The Morgan fingerprint density at radius 3 is 2.95 bits per heavy atom. The van der Waals surface area contributed by atoms with E-state index in [0.717, 1.165) is 16.7 Å². The summed E-state index contributed by atoms with van der Waals surface area (Å²) in [6, 6.07) is 5.64. The summed E-state index contributed by atoms with van der Waals surface area (Å²) in [6.45, 7) is 6.14. The summed E-state index contributed by atoms with van der Waals surface area (Å²) in [4.78, 5) is 25.6. The van der Waals surface area contributed by atoms with Gasteiger partial charge in [0.15, 0.2) is 0 Å². The predicted octanol–water partition coefficient (Wildman–Crippen LogP) is 2.17. The quantitative estimate of drug-likeness (QED) is 0.624. The molecule has 0 saturated heterocycles. The Morgan fingerprint density at radius 2 is 2.30 bits per heavy atom. The normalized spacial score (nSPS) is 17.6. The highest BCUT2D eigenvalue weighted by molar-refractivity contribution is 5.83. The van der Waals surface area contributed by atoms with Gasteiger partial charge in [0.1, 0.15) is 0 Å². The summed E-state index contributed by atoms with van der Waals surface area (Å²) in [5, 5.41) is 0. The first-order chi connectivity index (χ1) is 9.58. The van der Waals surface area contributed by atoms with E-state index in [9.17, 15) is 9.59 Å². The molecule has 0 aromatic heterocycles. The van der Waals surface area contributed by atoms with Crippen molar-refractivity contribution in [3.05, 3.63) is 47.5 Å². The van der Waals surface area contributed by atoms with Gasteiger partial charge in [-0.15, -0.1) is 6.58 Å². The van der Waals surface area contributed by atoms with Gasteiger partial charge in [-0.2, -0.15) is 0 Å². The maximum absolute atomic E-state index is 12.3. The zero-order chi connectivity index (χ0) is 14.7. The molecule has 1 aliphatic heterocycles. The number of rotatable bonds is 4. The molecule has 0 N–H and O–H groups in total. The van der Waals surface area contributed by atoms with E-state index >= 15 is 0 Å². The summed E-state index contributed by atoms with van der Waals surface area (Å²) in [5.74, 6) is -0.287. The molecule has 0 bridgehead atoms. The minimum absolute atomic E-state index is 0.0249. The number of aryl methyl sites for hydroxylation is 1. The van der Waals surface area contributed by atoms with E-state index in [1.165, 1.54) is 7.11 Å². The fourth-order valence-corrected chi connectivity index (χ4v) is 2.79. The Hall–Kier alpha value is -2.10. The second-order valence-electron chi connectivity index (χ2n) is 4.96. The third-order valence-corrected chi connectivity index (χ3v) is 3.70. The summed E-state index contributed by atoms with van der Waals surface area (Å²) >= 11 is 0. The number of esters is 1. The van der Waals surface area contributed by atoms with Crippen molar-refractivity contribution in [3.8, 4) is 0 Å². The molecule has 1 unspecified atom stereocenters. The van der Waals surface area contributed by atoms with Crippen LogP contribution in [-0.2, 0) is 20.7 Å². The van der Waals surface area contributed by atoms with Crippen molar-refractivity contribution in [1.82, 2.24) is 4.90 Å². The summed E-state index contributed by atoms with van der Waals surface area (Å²) in [7, 11) is 1.36. The highest BCUT2D eigenvalue weighted by Crippen LogP contribution is 2.35. The molecule has 0 spiro atoms. The zero-order valence-electron chi connectivity index (χ0n) is 11.9. The number of fused-ring (bicyclic) bond motifs is 1. The SMILES string of the molecule is C=CCN1C(=O)Cc2cccc(C)c2C1CC(=O)OC. The monoisotopic (exact) mass is 273 g/mol. The predicted molar refractivity (Wildman–Crippen MR) is 76.2 cm³/mol. The van der Waals surface area contributed by atoms with Crippen molar-refractivity contribution in [2.75, 3.05) is 13.7 Å². The van der Waals surface area contributed by atoms with Gasteiger partial charge in [-0.25, -0.2) is 0 Å². The third kappa shape index (κ3) is 2.59. The molecule has 1 aromatic rings. The number of benzene rings is 1. The van der Waals surface area contributed by atoms with Crippen molar-refractivity contribution in [2.24, 2.45) is 0 Å². The number of methoxy groups -OCH3 is 1. The van der Waals surface area contributed by atoms with Crippen molar-refractivity contribution in [3.63, 3.8) is 0 Å². The van der Waals surface area contributed by atoms with Gasteiger partial charge in [-0.1, -0.05) is 24.3 Å². The molecule has 1 atom stereocenters. The molecule has 0 saturated carbocycles. The molecular weight excluding hydrogens is 254 g/mol. The number of hydrogen-bond acceptors (Lipinski definition) is 3. The molecule has 1 aliphatic rings. The van der Waals surface area contributed by atoms with Gasteiger partial charge < -0.3 is 9.64 Å². The van der Waals surface area contributed by atoms with E-state index in [1.807, 2.05) is 25.1 Å². The van der Waals surface area contributed by atoms with Crippen molar-refractivity contribution in [2.45, 2.75) is 25.8 Å². The topological polar surface area (TPSA) is 46.6 Å². The van der Waals surface area contributed by atoms with Crippen molar-refractivity contribution in [1.29, 1.82) is 0 Å². The van der Waals surface area contributed by atoms with E-state index in [1.54, 1.807) is 11.0 Å². The van der Waals surface area contributed by atoms with Crippen LogP contribution >= 0.6 is 0 Å². The number of hydrogen-bond donors (Lipinski definition) is 0. The van der Waals surface area contributed by atoms with Crippen LogP contribution in [0.25, 0.3) is 0 Å². The summed E-state index contributed by atoms with van der Waals surface area (Å²) < 4.78 is 4.77. The Labute approximate surface area is 119 Å². The van der Waals surface area contributed by atoms with Crippen LogP contribution in [0.2, 0.25) is 0 Å². The maximum Gasteiger partial charge on any atom is 0.307 e. The fourth-order valence-electron chi connectivity index (χ4n) is 2.79.